The largest absolute Gasteiger partial charge is 0.478 e. The lowest BCUT2D eigenvalue weighted by Crippen LogP contribution is -2.14. The number of fused-ring (bicyclic) bond motifs is 1. The van der Waals surface area contributed by atoms with Gasteiger partial charge in [0.2, 0.25) is 0 Å². The average Bonchev–Trinajstić information content (AvgIpc) is 3.01. The van der Waals surface area contributed by atoms with E-state index in [-0.39, 0.29) is 11.5 Å². The summed E-state index contributed by atoms with van der Waals surface area (Å²) in [7, 11) is 0. The lowest BCUT2D eigenvalue weighted by molar-refractivity contribution is 0.0697. The number of rotatable bonds is 3. The Morgan fingerprint density at radius 1 is 1.33 bits per heavy atom. The Labute approximate surface area is 129 Å². The molecule has 0 saturated heterocycles. The zero-order valence-electron chi connectivity index (χ0n) is 11.4. The number of hydrogen-bond donors (Lipinski definition) is 2. The molecule has 0 bridgehead atoms. The maximum atomic E-state index is 12.2. The molecule has 0 radical (unpaired) electrons. The van der Waals surface area contributed by atoms with Crippen LogP contribution in [0.25, 0.3) is 0 Å². The third-order valence-corrected chi connectivity index (χ3v) is 5.44. The van der Waals surface area contributed by atoms with Crippen LogP contribution < -0.4 is 5.32 Å². The first-order valence-electron chi connectivity index (χ1n) is 6.67. The quantitative estimate of drug-likeness (QED) is 0.908. The van der Waals surface area contributed by atoms with E-state index in [1.807, 2.05) is 6.92 Å². The zero-order valence-corrected chi connectivity index (χ0v) is 13.1. The molecule has 2 heterocycles. The van der Waals surface area contributed by atoms with Crippen LogP contribution in [-0.2, 0) is 12.8 Å². The van der Waals surface area contributed by atoms with Gasteiger partial charge in [0, 0.05) is 10.3 Å². The number of aryl methyl sites for hydroxylation is 2. The zero-order chi connectivity index (χ0) is 15.0. The van der Waals surface area contributed by atoms with Crippen molar-refractivity contribution in [3.63, 3.8) is 0 Å². The van der Waals surface area contributed by atoms with Crippen LogP contribution in [0.1, 0.15) is 49.1 Å². The third-order valence-electron chi connectivity index (χ3n) is 3.46. The Morgan fingerprint density at radius 2 is 2.10 bits per heavy atom. The van der Waals surface area contributed by atoms with Gasteiger partial charge in [-0.05, 0) is 38.2 Å². The van der Waals surface area contributed by atoms with Crippen molar-refractivity contribution < 1.29 is 14.7 Å². The number of aromatic nitrogens is 1. The van der Waals surface area contributed by atoms with Gasteiger partial charge >= 0.3 is 5.97 Å². The van der Waals surface area contributed by atoms with Crippen molar-refractivity contribution >= 4 is 39.6 Å². The van der Waals surface area contributed by atoms with Gasteiger partial charge in [-0.1, -0.05) is 0 Å². The molecule has 1 amide bonds. The van der Waals surface area contributed by atoms with E-state index in [4.69, 9.17) is 0 Å². The number of amides is 1. The summed E-state index contributed by atoms with van der Waals surface area (Å²) in [6.45, 7) is 1.83. The molecule has 0 unspecified atom stereocenters. The van der Waals surface area contributed by atoms with E-state index in [0.29, 0.717) is 10.7 Å². The third kappa shape index (κ3) is 2.71. The van der Waals surface area contributed by atoms with Crippen LogP contribution >= 0.6 is 22.7 Å². The summed E-state index contributed by atoms with van der Waals surface area (Å²) in [6.07, 6.45) is 3.75. The van der Waals surface area contributed by atoms with Crippen LogP contribution in [0, 0.1) is 6.92 Å². The summed E-state index contributed by atoms with van der Waals surface area (Å²) >= 11 is 2.78. The van der Waals surface area contributed by atoms with Gasteiger partial charge in [0.05, 0.1) is 10.6 Å². The van der Waals surface area contributed by atoms with Crippen LogP contribution in [0.15, 0.2) is 5.38 Å². The Balaban J connectivity index is 1.93. The van der Waals surface area contributed by atoms with Crippen LogP contribution in [-0.4, -0.2) is 22.0 Å². The van der Waals surface area contributed by atoms with E-state index in [1.54, 1.807) is 5.38 Å². The predicted octanol–water partition coefficient (Wildman–Crippen LogP) is 3.34. The monoisotopic (exact) mass is 322 g/mol. The Morgan fingerprint density at radius 3 is 2.76 bits per heavy atom. The normalized spacial score (nSPS) is 13.8. The predicted molar refractivity (Wildman–Crippen MR) is 82.7 cm³/mol. The molecule has 110 valence electrons. The van der Waals surface area contributed by atoms with Crippen molar-refractivity contribution in [2.75, 3.05) is 5.32 Å². The number of aromatic carboxylic acids is 1. The Bertz CT molecular complexity index is 718. The lowest BCUT2D eigenvalue weighted by atomic mass is 9.95. The van der Waals surface area contributed by atoms with E-state index >= 15 is 0 Å². The molecule has 0 aliphatic heterocycles. The highest BCUT2D eigenvalue weighted by molar-refractivity contribution is 7.17. The van der Waals surface area contributed by atoms with E-state index in [2.05, 4.69) is 10.3 Å². The van der Waals surface area contributed by atoms with E-state index in [0.717, 1.165) is 41.1 Å². The van der Waals surface area contributed by atoms with Crippen molar-refractivity contribution in [1.29, 1.82) is 0 Å². The van der Waals surface area contributed by atoms with Gasteiger partial charge in [-0.2, -0.15) is 0 Å². The number of nitrogens with one attached hydrogen (secondary N) is 1. The maximum absolute atomic E-state index is 12.2. The van der Waals surface area contributed by atoms with Gasteiger partial charge in [-0.3, -0.25) is 4.79 Å². The molecule has 2 aromatic heterocycles. The number of carbonyl (C=O) groups excluding carboxylic acids is 1. The molecular formula is C14H14N2O3S2. The van der Waals surface area contributed by atoms with E-state index in [9.17, 15) is 14.7 Å². The second kappa shape index (κ2) is 5.57. The fourth-order valence-corrected chi connectivity index (χ4v) is 4.38. The summed E-state index contributed by atoms with van der Waals surface area (Å²) < 4.78 is 0. The molecule has 1 aliphatic carbocycles. The van der Waals surface area contributed by atoms with Crippen molar-refractivity contribution in [1.82, 2.24) is 4.98 Å². The SMILES string of the molecule is Cc1nc(C(=O)Nc2sc3c(c2C(=O)O)CCCC3)cs1. The molecule has 2 N–H and O–H groups in total. The average molecular weight is 322 g/mol. The minimum absolute atomic E-state index is 0.259. The number of hydrogen-bond acceptors (Lipinski definition) is 5. The summed E-state index contributed by atoms with van der Waals surface area (Å²) in [4.78, 5) is 28.9. The van der Waals surface area contributed by atoms with E-state index < -0.39 is 5.97 Å². The minimum atomic E-state index is -0.973. The molecule has 0 fully saturated rings. The van der Waals surface area contributed by atoms with Gasteiger partial charge < -0.3 is 10.4 Å². The van der Waals surface area contributed by atoms with E-state index in [1.165, 1.54) is 22.7 Å². The molecule has 5 nitrogen and oxygen atoms in total. The van der Waals surface area contributed by atoms with Crippen molar-refractivity contribution in [2.45, 2.75) is 32.6 Å². The molecule has 1 aliphatic rings. The Kier molecular flexibility index (Phi) is 3.77. The summed E-state index contributed by atoms with van der Waals surface area (Å²) in [5.41, 5.74) is 1.48. The van der Waals surface area contributed by atoms with Crippen LogP contribution in [0.4, 0.5) is 5.00 Å². The molecule has 0 aromatic carbocycles. The first kappa shape index (κ1) is 14.2. The number of carbonyl (C=O) groups is 2. The highest BCUT2D eigenvalue weighted by Gasteiger charge is 2.26. The number of anilines is 1. The summed E-state index contributed by atoms with van der Waals surface area (Å²) in [5, 5.41) is 15.1. The molecule has 0 saturated carbocycles. The summed E-state index contributed by atoms with van der Waals surface area (Å²) in [6, 6.07) is 0. The first-order chi connectivity index (χ1) is 10.1. The standard InChI is InChI=1S/C14H14N2O3S2/c1-7-15-9(6-20-7)12(17)16-13-11(14(18)19)8-4-2-3-5-10(8)21-13/h6H,2-5H2,1H3,(H,16,17)(H,18,19). The van der Waals surface area contributed by atoms with Crippen LogP contribution in [0.2, 0.25) is 0 Å². The van der Waals surface area contributed by atoms with Crippen molar-refractivity contribution in [3.8, 4) is 0 Å². The highest BCUT2D eigenvalue weighted by atomic mass is 32.1. The molecule has 0 spiro atoms. The van der Waals surface area contributed by atoms with Crippen molar-refractivity contribution in [3.05, 3.63) is 32.1 Å². The lowest BCUT2D eigenvalue weighted by Gasteiger charge is -2.10. The number of nitrogens with zero attached hydrogens (tertiary/aromatic N) is 1. The van der Waals surface area contributed by atoms with Crippen molar-refractivity contribution in [2.24, 2.45) is 0 Å². The first-order valence-corrected chi connectivity index (χ1v) is 8.37. The second-order valence-electron chi connectivity index (χ2n) is 4.93. The molecule has 7 heteroatoms. The van der Waals surface area contributed by atoms with Crippen LogP contribution in [0.5, 0.6) is 0 Å². The topological polar surface area (TPSA) is 79.3 Å². The van der Waals surface area contributed by atoms with Crippen LogP contribution in [0.3, 0.4) is 0 Å². The molecule has 21 heavy (non-hydrogen) atoms. The summed E-state index contributed by atoms with van der Waals surface area (Å²) in [5.74, 6) is -1.32. The number of thiophene rings is 1. The fourth-order valence-electron chi connectivity index (χ4n) is 2.52. The molecular weight excluding hydrogens is 308 g/mol. The fraction of sp³-hybridized carbons (Fsp3) is 0.357. The molecule has 2 aromatic rings. The molecule has 3 rings (SSSR count). The number of carboxylic acid groups (broad SMARTS) is 1. The minimum Gasteiger partial charge on any atom is -0.478 e. The van der Waals surface area contributed by atoms with Gasteiger partial charge in [0.15, 0.2) is 0 Å². The van der Waals surface area contributed by atoms with Gasteiger partial charge in [0.25, 0.3) is 5.91 Å². The van der Waals surface area contributed by atoms with Gasteiger partial charge in [0.1, 0.15) is 10.7 Å². The van der Waals surface area contributed by atoms with Gasteiger partial charge in [-0.25, -0.2) is 9.78 Å². The number of thiazole rings is 1. The maximum Gasteiger partial charge on any atom is 0.339 e. The molecule has 0 atom stereocenters. The smallest absolute Gasteiger partial charge is 0.339 e. The second-order valence-corrected chi connectivity index (χ2v) is 7.09. The highest BCUT2D eigenvalue weighted by Crippen LogP contribution is 2.38. The number of carboxylic acids is 1. The Hall–Kier alpha value is -1.73. The van der Waals surface area contributed by atoms with Gasteiger partial charge in [-0.15, -0.1) is 22.7 Å².